The van der Waals surface area contributed by atoms with Crippen molar-refractivity contribution < 1.29 is 4.79 Å². The fourth-order valence-electron chi connectivity index (χ4n) is 2.64. The number of hydrogen-bond acceptors (Lipinski definition) is 2. The Hall–Kier alpha value is -0.770. The molecule has 1 heterocycles. The third-order valence-corrected chi connectivity index (χ3v) is 4.18. The lowest BCUT2D eigenvalue weighted by Crippen LogP contribution is -2.38. The Morgan fingerprint density at radius 2 is 1.90 bits per heavy atom. The highest BCUT2D eigenvalue weighted by molar-refractivity contribution is 6.31. The van der Waals surface area contributed by atoms with Gasteiger partial charge in [0.15, 0.2) is 0 Å². The van der Waals surface area contributed by atoms with E-state index in [1.165, 1.54) is 12.8 Å². The monoisotopic (exact) mass is 330 g/mol. The molecule has 0 spiro atoms. The van der Waals surface area contributed by atoms with E-state index in [4.69, 9.17) is 11.6 Å². The van der Waals surface area contributed by atoms with Crippen molar-refractivity contribution in [3.63, 3.8) is 0 Å². The van der Waals surface area contributed by atoms with E-state index in [0.29, 0.717) is 6.54 Å². The molecule has 1 aliphatic heterocycles. The van der Waals surface area contributed by atoms with Crippen LogP contribution in [0.15, 0.2) is 24.3 Å². The number of nitrogens with zero attached hydrogens (tertiary/aromatic N) is 1. The van der Waals surface area contributed by atoms with Crippen LogP contribution in [-0.2, 0) is 4.79 Å². The molecule has 3 nitrogen and oxygen atoms in total. The molecule has 1 aromatic rings. The van der Waals surface area contributed by atoms with Gasteiger partial charge < -0.3 is 5.32 Å². The van der Waals surface area contributed by atoms with Crippen molar-refractivity contribution in [1.82, 2.24) is 10.2 Å². The zero-order valence-corrected chi connectivity index (χ0v) is 14.2. The molecular formula is C16H24Cl2N2O. The van der Waals surface area contributed by atoms with E-state index >= 15 is 0 Å². The normalized spacial score (nSPS) is 16.6. The van der Waals surface area contributed by atoms with Gasteiger partial charge in [0.2, 0.25) is 5.91 Å². The molecule has 0 aliphatic carbocycles. The third-order valence-electron chi connectivity index (χ3n) is 3.84. The number of amides is 1. The lowest BCUT2D eigenvalue weighted by molar-refractivity contribution is -0.124. The second kappa shape index (κ2) is 8.62. The van der Waals surface area contributed by atoms with Crippen LogP contribution in [-0.4, -0.2) is 30.4 Å². The van der Waals surface area contributed by atoms with Crippen molar-refractivity contribution in [3.05, 3.63) is 34.9 Å². The van der Waals surface area contributed by atoms with Crippen LogP contribution < -0.4 is 5.32 Å². The molecule has 1 amide bonds. The molecule has 21 heavy (non-hydrogen) atoms. The minimum absolute atomic E-state index is 0. The zero-order chi connectivity index (χ0) is 14.5. The molecule has 0 aromatic heterocycles. The molecule has 1 atom stereocenters. The van der Waals surface area contributed by atoms with E-state index in [2.05, 4.69) is 16.3 Å². The van der Waals surface area contributed by atoms with Crippen LogP contribution in [0.3, 0.4) is 0 Å². The average Bonchev–Trinajstić information content (AvgIpc) is 2.94. The zero-order valence-electron chi connectivity index (χ0n) is 12.6. The lowest BCUT2D eigenvalue weighted by Gasteiger charge is -2.29. The molecule has 0 bridgehead atoms. The predicted octanol–water partition coefficient (Wildman–Crippen LogP) is 3.67. The summed E-state index contributed by atoms with van der Waals surface area (Å²) in [6.45, 7) is 6.60. The van der Waals surface area contributed by atoms with Crippen LogP contribution in [0.5, 0.6) is 0 Å². The van der Waals surface area contributed by atoms with Gasteiger partial charge in [-0.2, -0.15) is 0 Å². The van der Waals surface area contributed by atoms with Crippen molar-refractivity contribution in [2.75, 3.05) is 19.6 Å². The summed E-state index contributed by atoms with van der Waals surface area (Å²) in [7, 11) is 0. The van der Waals surface area contributed by atoms with Gasteiger partial charge in [0.1, 0.15) is 0 Å². The fourth-order valence-corrected chi connectivity index (χ4v) is 2.90. The summed E-state index contributed by atoms with van der Waals surface area (Å²) in [5, 5.41) is 3.83. The number of carbonyl (C=O) groups is 1. The van der Waals surface area contributed by atoms with E-state index in [0.717, 1.165) is 23.7 Å². The van der Waals surface area contributed by atoms with Crippen molar-refractivity contribution >= 4 is 29.9 Å². The van der Waals surface area contributed by atoms with Crippen LogP contribution in [0.4, 0.5) is 0 Å². The number of rotatable bonds is 5. The topological polar surface area (TPSA) is 32.3 Å². The van der Waals surface area contributed by atoms with Gasteiger partial charge in [0.25, 0.3) is 0 Å². The minimum Gasteiger partial charge on any atom is -0.354 e. The van der Waals surface area contributed by atoms with Gasteiger partial charge in [-0.1, -0.05) is 43.6 Å². The summed E-state index contributed by atoms with van der Waals surface area (Å²) in [6, 6.07) is 8.11. The van der Waals surface area contributed by atoms with Crippen molar-refractivity contribution in [2.45, 2.75) is 32.7 Å². The number of halogens is 2. The first-order valence-electron chi connectivity index (χ1n) is 7.35. The Balaban J connectivity index is 0.00000220. The Bertz CT molecular complexity index is 459. The fraction of sp³-hybridized carbons (Fsp3) is 0.562. The predicted molar refractivity (Wildman–Crippen MR) is 90.1 cm³/mol. The van der Waals surface area contributed by atoms with Crippen LogP contribution in [0.25, 0.3) is 0 Å². The van der Waals surface area contributed by atoms with Gasteiger partial charge in [0.05, 0.1) is 6.04 Å². The highest BCUT2D eigenvalue weighted by Crippen LogP contribution is 2.29. The molecule has 1 fully saturated rings. The van der Waals surface area contributed by atoms with E-state index in [1.54, 1.807) is 0 Å². The molecule has 1 saturated heterocycles. The molecule has 1 N–H and O–H groups in total. The van der Waals surface area contributed by atoms with Crippen molar-refractivity contribution in [2.24, 2.45) is 5.92 Å². The number of hydrogen-bond donors (Lipinski definition) is 1. The molecule has 0 radical (unpaired) electrons. The first kappa shape index (κ1) is 18.3. The summed E-state index contributed by atoms with van der Waals surface area (Å²) in [5.74, 6) is 0.113. The average molecular weight is 331 g/mol. The van der Waals surface area contributed by atoms with Crippen molar-refractivity contribution in [1.29, 1.82) is 0 Å². The largest absolute Gasteiger partial charge is 0.354 e. The quantitative estimate of drug-likeness (QED) is 0.893. The van der Waals surface area contributed by atoms with Crippen LogP contribution in [0.1, 0.15) is 38.3 Å². The van der Waals surface area contributed by atoms with E-state index in [9.17, 15) is 4.79 Å². The Labute approximate surface area is 138 Å². The Morgan fingerprint density at radius 1 is 1.29 bits per heavy atom. The summed E-state index contributed by atoms with van der Waals surface area (Å²) in [4.78, 5) is 14.2. The molecule has 2 rings (SSSR count). The number of likely N-dealkylation sites (tertiary alicyclic amines) is 1. The highest BCUT2D eigenvalue weighted by atomic mass is 35.5. The highest BCUT2D eigenvalue weighted by Gasteiger charge is 2.25. The number of nitrogens with one attached hydrogen (secondary N) is 1. The lowest BCUT2D eigenvalue weighted by atomic mass is 10.0. The maximum absolute atomic E-state index is 11.8. The van der Waals surface area contributed by atoms with Crippen molar-refractivity contribution in [3.8, 4) is 0 Å². The maximum Gasteiger partial charge on any atom is 0.222 e. The van der Waals surface area contributed by atoms with E-state index in [-0.39, 0.29) is 30.3 Å². The SMILES string of the molecule is CC(C)C(=O)NCC(c1ccccc1Cl)N1CCCC1.Cl. The Morgan fingerprint density at radius 3 is 2.48 bits per heavy atom. The first-order valence-corrected chi connectivity index (χ1v) is 7.73. The molecule has 118 valence electrons. The van der Waals surface area contributed by atoms with E-state index < -0.39 is 0 Å². The Kier molecular flexibility index (Phi) is 7.50. The summed E-state index contributed by atoms with van der Waals surface area (Å²) in [5.41, 5.74) is 1.11. The minimum atomic E-state index is 0. The number of carbonyl (C=O) groups excluding carboxylic acids is 1. The summed E-state index contributed by atoms with van der Waals surface area (Å²) in [6.07, 6.45) is 2.44. The first-order chi connectivity index (χ1) is 9.59. The molecule has 1 unspecified atom stereocenters. The summed E-state index contributed by atoms with van der Waals surface area (Å²) >= 11 is 6.34. The standard InChI is InChI=1S/C16H23ClN2O.ClH/c1-12(2)16(20)18-11-15(19-9-5-6-10-19)13-7-3-4-8-14(13)17;/h3-4,7-8,12,15H,5-6,9-11H2,1-2H3,(H,18,20);1H. The van der Waals surface area contributed by atoms with Gasteiger partial charge >= 0.3 is 0 Å². The second-order valence-electron chi connectivity index (χ2n) is 5.68. The van der Waals surface area contributed by atoms with Gasteiger partial charge in [-0.25, -0.2) is 0 Å². The molecular weight excluding hydrogens is 307 g/mol. The molecule has 5 heteroatoms. The van der Waals surface area contributed by atoms with Crippen LogP contribution in [0.2, 0.25) is 5.02 Å². The molecule has 0 saturated carbocycles. The van der Waals surface area contributed by atoms with E-state index in [1.807, 2.05) is 32.0 Å². The smallest absolute Gasteiger partial charge is 0.222 e. The third kappa shape index (κ3) is 4.87. The van der Waals surface area contributed by atoms with Gasteiger partial charge in [-0.05, 0) is 37.6 Å². The molecule has 1 aromatic carbocycles. The number of benzene rings is 1. The van der Waals surface area contributed by atoms with Gasteiger partial charge in [-0.15, -0.1) is 12.4 Å². The van der Waals surface area contributed by atoms with Crippen LogP contribution in [0, 0.1) is 5.92 Å². The maximum atomic E-state index is 11.8. The van der Waals surface area contributed by atoms with Gasteiger partial charge in [0, 0.05) is 17.5 Å². The second-order valence-corrected chi connectivity index (χ2v) is 6.09. The molecule has 1 aliphatic rings. The summed E-state index contributed by atoms with van der Waals surface area (Å²) < 4.78 is 0. The van der Waals surface area contributed by atoms with Gasteiger partial charge in [-0.3, -0.25) is 9.69 Å². The van der Waals surface area contributed by atoms with Crippen LogP contribution >= 0.6 is 24.0 Å².